The first-order chi connectivity index (χ1) is 10.2. The maximum absolute atomic E-state index is 13.0. The number of aromatic nitrogens is 2. The molecule has 0 saturated heterocycles. The Labute approximate surface area is 122 Å². The number of hydrogen-bond donors (Lipinski definition) is 1. The highest BCUT2D eigenvalue weighted by Gasteiger charge is 2.29. The van der Waals surface area contributed by atoms with Crippen molar-refractivity contribution in [3.8, 4) is 5.69 Å². The summed E-state index contributed by atoms with van der Waals surface area (Å²) in [6.45, 7) is 3.97. The van der Waals surface area contributed by atoms with Gasteiger partial charge in [-0.25, -0.2) is 9.07 Å². The van der Waals surface area contributed by atoms with Crippen molar-refractivity contribution in [3.63, 3.8) is 0 Å². The monoisotopic (exact) mass is 285 g/mol. The fourth-order valence-electron chi connectivity index (χ4n) is 2.22. The van der Waals surface area contributed by atoms with Crippen LogP contribution < -0.4 is 5.32 Å². The molecule has 1 aromatic carbocycles. The molecule has 0 atom stereocenters. The van der Waals surface area contributed by atoms with Crippen molar-refractivity contribution < 1.29 is 9.18 Å². The molecule has 1 N–H and O–H groups in total. The van der Waals surface area contributed by atoms with Gasteiger partial charge in [0.25, 0.3) is 5.91 Å². The van der Waals surface area contributed by atoms with Crippen molar-refractivity contribution in [2.75, 3.05) is 6.54 Å². The van der Waals surface area contributed by atoms with Crippen LogP contribution in [0, 0.1) is 5.82 Å². The third-order valence-corrected chi connectivity index (χ3v) is 3.44. The van der Waals surface area contributed by atoms with Crippen LogP contribution in [0.2, 0.25) is 0 Å². The second-order valence-electron chi connectivity index (χ2n) is 5.12. The first kappa shape index (κ1) is 13.5. The van der Waals surface area contributed by atoms with Gasteiger partial charge in [0.1, 0.15) is 5.82 Å². The molecule has 1 amide bonds. The zero-order chi connectivity index (χ0) is 14.8. The number of amides is 1. The maximum Gasteiger partial charge on any atom is 0.272 e. The topological polar surface area (TPSA) is 46.9 Å². The van der Waals surface area contributed by atoms with Crippen molar-refractivity contribution >= 4 is 5.91 Å². The molecule has 0 aliphatic heterocycles. The molecule has 1 heterocycles. The van der Waals surface area contributed by atoms with Gasteiger partial charge in [-0.3, -0.25) is 4.79 Å². The minimum absolute atomic E-state index is 0.224. The van der Waals surface area contributed by atoms with E-state index in [0.29, 0.717) is 18.2 Å². The summed E-state index contributed by atoms with van der Waals surface area (Å²) in [5.74, 6) is -0.0796. The lowest BCUT2D eigenvalue weighted by molar-refractivity contribution is 0.0952. The van der Waals surface area contributed by atoms with Gasteiger partial charge in [0, 0.05) is 18.2 Å². The van der Waals surface area contributed by atoms with Gasteiger partial charge >= 0.3 is 0 Å². The molecule has 0 unspecified atom stereocenters. The number of nitrogens with zero attached hydrogens (tertiary/aromatic N) is 2. The summed E-state index contributed by atoms with van der Waals surface area (Å²) >= 11 is 0. The molecule has 1 saturated carbocycles. The Morgan fingerprint density at radius 3 is 2.76 bits per heavy atom. The average Bonchev–Trinajstić information content (AvgIpc) is 3.24. The maximum atomic E-state index is 13.0. The zero-order valence-corrected chi connectivity index (χ0v) is 11.6. The van der Waals surface area contributed by atoms with Crippen LogP contribution >= 0.6 is 0 Å². The number of halogens is 1. The molecular formula is C16H16FN3O. The smallest absolute Gasteiger partial charge is 0.272 e. The molecule has 1 fully saturated rings. The number of nitrogens with one attached hydrogen (secondary N) is 1. The third kappa shape index (κ3) is 2.86. The molecule has 21 heavy (non-hydrogen) atoms. The molecule has 108 valence electrons. The van der Waals surface area contributed by atoms with E-state index in [1.807, 2.05) is 6.07 Å². The molecule has 3 rings (SSSR count). The number of hydrogen-bond acceptors (Lipinski definition) is 2. The summed E-state index contributed by atoms with van der Waals surface area (Å²) in [7, 11) is 0. The molecule has 5 heteroatoms. The number of carbonyl (C=O) groups excluding carboxylic acids is 1. The molecular weight excluding hydrogens is 269 g/mol. The van der Waals surface area contributed by atoms with Crippen molar-refractivity contribution in [2.45, 2.75) is 18.8 Å². The summed E-state index contributed by atoms with van der Waals surface area (Å²) in [5, 5.41) is 7.09. The van der Waals surface area contributed by atoms with E-state index in [2.05, 4.69) is 17.0 Å². The van der Waals surface area contributed by atoms with E-state index >= 15 is 0 Å². The van der Waals surface area contributed by atoms with Crippen molar-refractivity contribution in [1.29, 1.82) is 0 Å². The van der Waals surface area contributed by atoms with Crippen LogP contribution in [0.1, 0.15) is 34.9 Å². The summed E-state index contributed by atoms with van der Waals surface area (Å²) in [5.41, 5.74) is 2.15. The summed E-state index contributed by atoms with van der Waals surface area (Å²) in [6.07, 6.45) is 3.82. The largest absolute Gasteiger partial charge is 0.347 e. The second-order valence-corrected chi connectivity index (χ2v) is 5.12. The van der Waals surface area contributed by atoms with E-state index in [0.717, 1.165) is 24.2 Å². The Morgan fingerprint density at radius 1 is 1.43 bits per heavy atom. The van der Waals surface area contributed by atoms with Crippen LogP contribution in [0.3, 0.4) is 0 Å². The van der Waals surface area contributed by atoms with Crippen molar-refractivity contribution in [3.05, 3.63) is 60.2 Å². The van der Waals surface area contributed by atoms with Gasteiger partial charge in [0.2, 0.25) is 0 Å². The number of carbonyl (C=O) groups is 1. The van der Waals surface area contributed by atoms with Crippen LogP contribution in [0.5, 0.6) is 0 Å². The zero-order valence-electron chi connectivity index (χ0n) is 11.6. The van der Waals surface area contributed by atoms with Gasteiger partial charge in [-0.1, -0.05) is 6.08 Å². The molecule has 2 aromatic rings. The standard InChI is InChI=1S/C16H16FN3O/c1-2-9-18-16(21)14-10-15(11-3-4-11)20(19-14)13-7-5-12(17)6-8-13/h2,5-8,10-11H,1,3-4,9H2,(H,18,21). The Morgan fingerprint density at radius 2 is 2.14 bits per heavy atom. The molecule has 0 bridgehead atoms. The third-order valence-electron chi connectivity index (χ3n) is 3.44. The SMILES string of the molecule is C=CCNC(=O)c1cc(C2CC2)n(-c2ccc(F)cc2)n1. The predicted octanol–water partition coefficient (Wildman–Crippen LogP) is 2.80. The van der Waals surface area contributed by atoms with Crippen LogP contribution in [0.25, 0.3) is 5.69 Å². The first-order valence-electron chi connectivity index (χ1n) is 6.94. The molecule has 0 radical (unpaired) electrons. The Kier molecular flexibility index (Phi) is 3.56. The second kappa shape index (κ2) is 5.52. The summed E-state index contributed by atoms with van der Waals surface area (Å²) < 4.78 is 14.8. The summed E-state index contributed by atoms with van der Waals surface area (Å²) in [6, 6.07) is 7.94. The highest BCUT2D eigenvalue weighted by atomic mass is 19.1. The van der Waals surface area contributed by atoms with E-state index in [9.17, 15) is 9.18 Å². The van der Waals surface area contributed by atoms with E-state index in [4.69, 9.17) is 0 Å². The fraction of sp³-hybridized carbons (Fsp3) is 0.250. The van der Waals surface area contributed by atoms with Gasteiger partial charge in [-0.05, 0) is 43.2 Å². The number of benzene rings is 1. The Hall–Kier alpha value is -2.43. The van der Waals surface area contributed by atoms with E-state index in [1.165, 1.54) is 12.1 Å². The molecule has 1 aliphatic rings. The van der Waals surface area contributed by atoms with E-state index < -0.39 is 0 Å². The van der Waals surface area contributed by atoms with Gasteiger partial charge in [-0.15, -0.1) is 6.58 Å². The highest BCUT2D eigenvalue weighted by Crippen LogP contribution is 2.41. The minimum Gasteiger partial charge on any atom is -0.347 e. The van der Waals surface area contributed by atoms with Crippen LogP contribution in [0.4, 0.5) is 4.39 Å². The van der Waals surface area contributed by atoms with Crippen LogP contribution in [-0.2, 0) is 0 Å². The molecule has 4 nitrogen and oxygen atoms in total. The lowest BCUT2D eigenvalue weighted by atomic mass is 10.2. The lowest BCUT2D eigenvalue weighted by Gasteiger charge is -2.06. The van der Waals surface area contributed by atoms with Crippen molar-refractivity contribution in [1.82, 2.24) is 15.1 Å². The fourth-order valence-corrected chi connectivity index (χ4v) is 2.22. The molecule has 1 aromatic heterocycles. The van der Waals surface area contributed by atoms with Gasteiger partial charge in [0.15, 0.2) is 5.69 Å². The Bertz CT molecular complexity index is 671. The quantitative estimate of drug-likeness (QED) is 0.859. The normalized spacial score (nSPS) is 14.0. The first-order valence-corrected chi connectivity index (χ1v) is 6.94. The van der Waals surface area contributed by atoms with Crippen LogP contribution in [-0.4, -0.2) is 22.2 Å². The van der Waals surface area contributed by atoms with Gasteiger partial charge < -0.3 is 5.32 Å². The van der Waals surface area contributed by atoms with Crippen LogP contribution in [0.15, 0.2) is 43.0 Å². The van der Waals surface area contributed by atoms with E-state index in [1.54, 1.807) is 22.9 Å². The summed E-state index contributed by atoms with van der Waals surface area (Å²) in [4.78, 5) is 12.0. The van der Waals surface area contributed by atoms with E-state index in [-0.39, 0.29) is 11.7 Å². The van der Waals surface area contributed by atoms with Crippen molar-refractivity contribution in [2.24, 2.45) is 0 Å². The average molecular weight is 285 g/mol. The number of rotatable bonds is 5. The lowest BCUT2D eigenvalue weighted by Crippen LogP contribution is -2.23. The van der Waals surface area contributed by atoms with Gasteiger partial charge in [0.05, 0.1) is 5.69 Å². The predicted molar refractivity (Wildman–Crippen MR) is 78.0 cm³/mol. The van der Waals surface area contributed by atoms with Gasteiger partial charge in [-0.2, -0.15) is 5.10 Å². The highest BCUT2D eigenvalue weighted by molar-refractivity contribution is 5.92. The molecule has 1 aliphatic carbocycles. The molecule has 0 spiro atoms. The Balaban J connectivity index is 1.95. The minimum atomic E-state index is -0.289.